The summed E-state index contributed by atoms with van der Waals surface area (Å²) in [5, 5.41) is 11.7. The number of aryl methyl sites for hydroxylation is 1. The molecule has 0 saturated carbocycles. The van der Waals surface area contributed by atoms with Gasteiger partial charge in [0, 0.05) is 11.3 Å². The maximum atomic E-state index is 11.8. The van der Waals surface area contributed by atoms with Crippen LogP contribution in [0.1, 0.15) is 19.5 Å². The van der Waals surface area contributed by atoms with Crippen LogP contribution in [0.25, 0.3) is 17.0 Å². The number of H-pyrrole nitrogens is 1. The van der Waals surface area contributed by atoms with Gasteiger partial charge in [-0.3, -0.25) is 9.59 Å². The molecule has 0 aliphatic carbocycles. The minimum absolute atomic E-state index is 0.270. The van der Waals surface area contributed by atoms with Crippen molar-refractivity contribution in [3.05, 3.63) is 35.0 Å². The van der Waals surface area contributed by atoms with Crippen molar-refractivity contribution < 1.29 is 14.3 Å². The molecule has 0 unspecified atom stereocenters. The number of nitrogens with one attached hydrogen (secondary N) is 2. The van der Waals surface area contributed by atoms with E-state index in [-0.39, 0.29) is 12.5 Å². The molecule has 0 aliphatic rings. The van der Waals surface area contributed by atoms with Gasteiger partial charge >= 0.3 is 5.97 Å². The Morgan fingerprint density at radius 3 is 2.58 bits per heavy atom. The van der Waals surface area contributed by atoms with Gasteiger partial charge in [-0.05, 0) is 31.2 Å². The fraction of sp³-hybridized carbons (Fsp3) is 0.294. The van der Waals surface area contributed by atoms with Gasteiger partial charge in [-0.1, -0.05) is 25.4 Å². The Morgan fingerprint density at radius 2 is 1.96 bits per heavy atom. The average Bonchev–Trinajstić information content (AvgIpc) is 3.13. The number of amides is 1. The Kier molecular flexibility index (Phi) is 4.94. The van der Waals surface area contributed by atoms with Crippen LogP contribution >= 0.6 is 11.6 Å². The Morgan fingerprint density at radius 1 is 1.27 bits per heavy atom. The van der Waals surface area contributed by atoms with Crippen molar-refractivity contribution in [2.45, 2.75) is 20.8 Å². The Balaban J connectivity index is 1.66. The second-order valence-corrected chi connectivity index (χ2v) is 6.48. The SMILES string of the molecule is Cc1nn2nc(-c3ccc(NC(=O)COC(=O)C(C)C)cc3)[nH]c2c1Cl. The van der Waals surface area contributed by atoms with Crippen molar-refractivity contribution in [3.63, 3.8) is 0 Å². The number of esters is 1. The van der Waals surface area contributed by atoms with Gasteiger partial charge in [-0.15, -0.1) is 9.73 Å². The van der Waals surface area contributed by atoms with Crippen LogP contribution in [0.15, 0.2) is 24.3 Å². The predicted octanol–water partition coefficient (Wildman–Crippen LogP) is 2.82. The van der Waals surface area contributed by atoms with Gasteiger partial charge in [0.15, 0.2) is 18.1 Å². The van der Waals surface area contributed by atoms with E-state index in [1.54, 1.807) is 45.0 Å². The summed E-state index contributed by atoms with van der Waals surface area (Å²) in [6.45, 7) is 4.91. The molecule has 0 spiro atoms. The highest BCUT2D eigenvalue weighted by Crippen LogP contribution is 2.24. The van der Waals surface area contributed by atoms with Crippen LogP contribution in [-0.4, -0.2) is 38.3 Å². The molecule has 2 N–H and O–H groups in total. The average molecular weight is 376 g/mol. The van der Waals surface area contributed by atoms with Crippen LogP contribution in [-0.2, 0) is 14.3 Å². The van der Waals surface area contributed by atoms with E-state index in [0.29, 0.717) is 27.9 Å². The number of rotatable bonds is 5. The predicted molar refractivity (Wildman–Crippen MR) is 96.9 cm³/mol. The van der Waals surface area contributed by atoms with Crippen LogP contribution in [0.2, 0.25) is 5.02 Å². The number of fused-ring (bicyclic) bond motifs is 1. The monoisotopic (exact) mass is 375 g/mol. The summed E-state index contributed by atoms with van der Waals surface area (Å²) < 4.78 is 6.34. The molecule has 2 aromatic heterocycles. The largest absolute Gasteiger partial charge is 0.455 e. The number of anilines is 1. The van der Waals surface area contributed by atoms with Gasteiger partial charge in [-0.2, -0.15) is 5.10 Å². The maximum absolute atomic E-state index is 11.8. The number of hydrogen-bond donors (Lipinski definition) is 2. The van der Waals surface area contributed by atoms with E-state index in [1.165, 1.54) is 4.63 Å². The minimum Gasteiger partial charge on any atom is -0.455 e. The van der Waals surface area contributed by atoms with Gasteiger partial charge < -0.3 is 15.0 Å². The lowest BCUT2D eigenvalue weighted by Gasteiger charge is -2.08. The molecule has 0 radical (unpaired) electrons. The number of carbonyl (C=O) groups excluding carboxylic acids is 2. The molecule has 0 bridgehead atoms. The quantitative estimate of drug-likeness (QED) is 0.668. The van der Waals surface area contributed by atoms with Crippen LogP contribution in [0.5, 0.6) is 0 Å². The van der Waals surface area contributed by atoms with Crippen molar-refractivity contribution in [2.24, 2.45) is 5.92 Å². The second-order valence-electron chi connectivity index (χ2n) is 6.10. The molecule has 136 valence electrons. The molecule has 9 heteroatoms. The number of halogens is 1. The number of nitrogens with zero attached hydrogens (tertiary/aromatic N) is 3. The fourth-order valence-electron chi connectivity index (χ4n) is 2.25. The van der Waals surface area contributed by atoms with Crippen molar-refractivity contribution in [1.29, 1.82) is 0 Å². The van der Waals surface area contributed by atoms with Gasteiger partial charge in [0.1, 0.15) is 5.02 Å². The zero-order valence-corrected chi connectivity index (χ0v) is 15.3. The molecule has 8 nitrogen and oxygen atoms in total. The zero-order valence-electron chi connectivity index (χ0n) is 14.5. The van der Waals surface area contributed by atoms with Gasteiger partial charge in [0.05, 0.1) is 11.6 Å². The first-order chi connectivity index (χ1) is 12.3. The van der Waals surface area contributed by atoms with Crippen LogP contribution in [0.4, 0.5) is 5.69 Å². The van der Waals surface area contributed by atoms with Crippen molar-refractivity contribution in [1.82, 2.24) is 19.8 Å². The Hall–Kier alpha value is -2.87. The van der Waals surface area contributed by atoms with E-state index in [1.807, 2.05) is 0 Å². The van der Waals surface area contributed by atoms with E-state index in [2.05, 4.69) is 20.5 Å². The first-order valence-electron chi connectivity index (χ1n) is 8.03. The molecular formula is C17H18ClN5O3. The minimum atomic E-state index is -0.410. The highest BCUT2D eigenvalue weighted by molar-refractivity contribution is 6.34. The number of aromatic nitrogens is 4. The standard InChI is InChI=1S/C17H18ClN5O3/c1-9(2)17(25)26-8-13(24)19-12-6-4-11(5-7-12)15-20-16-14(18)10(3)21-23(16)22-15/h4-7,9H,8H2,1-3H3,(H,19,24)(H,20,22). The third-order valence-corrected chi connectivity index (χ3v) is 4.11. The number of benzene rings is 1. The lowest BCUT2D eigenvalue weighted by atomic mass is 10.2. The summed E-state index contributed by atoms with van der Waals surface area (Å²) in [6, 6.07) is 7.06. The smallest absolute Gasteiger partial charge is 0.308 e. The fourth-order valence-corrected chi connectivity index (χ4v) is 2.41. The van der Waals surface area contributed by atoms with Crippen molar-refractivity contribution in [3.8, 4) is 11.4 Å². The van der Waals surface area contributed by atoms with Gasteiger partial charge in [0.2, 0.25) is 0 Å². The number of ether oxygens (including phenoxy) is 1. The normalized spacial score (nSPS) is 11.1. The van der Waals surface area contributed by atoms with E-state index in [0.717, 1.165) is 5.56 Å². The number of carbonyl (C=O) groups is 2. The second kappa shape index (κ2) is 7.17. The van der Waals surface area contributed by atoms with E-state index in [9.17, 15) is 9.59 Å². The first-order valence-corrected chi connectivity index (χ1v) is 8.41. The molecular weight excluding hydrogens is 358 g/mol. The zero-order chi connectivity index (χ0) is 18.8. The summed E-state index contributed by atoms with van der Waals surface area (Å²) in [5.41, 5.74) is 2.73. The summed E-state index contributed by atoms with van der Waals surface area (Å²) in [5.74, 6) is -0.468. The lowest BCUT2D eigenvalue weighted by Crippen LogP contribution is -2.22. The molecule has 0 fully saturated rings. The lowest BCUT2D eigenvalue weighted by molar-refractivity contribution is -0.150. The third-order valence-electron chi connectivity index (χ3n) is 3.66. The molecule has 2 heterocycles. The Bertz CT molecular complexity index is 959. The molecule has 1 aromatic carbocycles. The molecule has 3 rings (SSSR count). The molecule has 3 aromatic rings. The summed E-state index contributed by atoms with van der Waals surface area (Å²) in [6.07, 6.45) is 0. The highest BCUT2D eigenvalue weighted by Gasteiger charge is 2.14. The summed E-state index contributed by atoms with van der Waals surface area (Å²) in [4.78, 5) is 26.3. The van der Waals surface area contributed by atoms with Gasteiger partial charge in [-0.25, -0.2) is 0 Å². The Labute approximate surface area is 154 Å². The number of aromatic amines is 1. The molecule has 26 heavy (non-hydrogen) atoms. The van der Waals surface area contributed by atoms with E-state index < -0.39 is 11.9 Å². The van der Waals surface area contributed by atoms with E-state index in [4.69, 9.17) is 16.3 Å². The van der Waals surface area contributed by atoms with Crippen LogP contribution < -0.4 is 5.32 Å². The first kappa shape index (κ1) is 17.9. The van der Waals surface area contributed by atoms with E-state index >= 15 is 0 Å². The topological polar surface area (TPSA) is 101 Å². The maximum Gasteiger partial charge on any atom is 0.308 e. The van der Waals surface area contributed by atoms with Crippen molar-refractivity contribution in [2.75, 3.05) is 11.9 Å². The van der Waals surface area contributed by atoms with Crippen LogP contribution in [0, 0.1) is 12.8 Å². The third kappa shape index (κ3) is 3.70. The summed E-state index contributed by atoms with van der Waals surface area (Å²) in [7, 11) is 0. The molecule has 0 aliphatic heterocycles. The highest BCUT2D eigenvalue weighted by atomic mass is 35.5. The van der Waals surface area contributed by atoms with Crippen molar-refractivity contribution >= 4 is 34.8 Å². The van der Waals surface area contributed by atoms with Gasteiger partial charge in [0.25, 0.3) is 5.91 Å². The molecule has 0 saturated heterocycles. The molecule has 0 atom stereocenters. The summed E-state index contributed by atoms with van der Waals surface area (Å²) >= 11 is 6.16. The van der Waals surface area contributed by atoms with Crippen LogP contribution in [0.3, 0.4) is 0 Å². The molecule has 1 amide bonds. The number of hydrogen-bond acceptors (Lipinski definition) is 5.